The van der Waals surface area contributed by atoms with Crippen LogP contribution in [0.25, 0.3) is 0 Å². The molecule has 0 unspecified atom stereocenters. The van der Waals surface area contributed by atoms with Gasteiger partial charge in [0, 0.05) is 24.7 Å². The molecule has 2 aromatic rings. The molecule has 1 fully saturated rings. The number of nitrogens with one attached hydrogen (secondary N) is 2. The summed E-state index contributed by atoms with van der Waals surface area (Å²) in [4.78, 5) is 26.5. The van der Waals surface area contributed by atoms with Gasteiger partial charge in [-0.2, -0.15) is 0 Å². The molecule has 1 aliphatic heterocycles. The summed E-state index contributed by atoms with van der Waals surface area (Å²) in [6.07, 6.45) is 0. The average Bonchev–Trinajstić information content (AvgIpc) is 2.68. The van der Waals surface area contributed by atoms with Crippen LogP contribution in [0.15, 0.2) is 48.5 Å². The number of hydrogen-bond donors (Lipinski definition) is 2. The number of benzene rings is 2. The highest BCUT2D eigenvalue weighted by atomic mass is 35.5. The summed E-state index contributed by atoms with van der Waals surface area (Å²) in [5.74, 6) is -1.42. The van der Waals surface area contributed by atoms with E-state index in [9.17, 15) is 9.59 Å². The number of carbonyl (C=O) groups is 2. The maximum absolute atomic E-state index is 12.3. The first-order valence-electron chi connectivity index (χ1n) is 8.39. The van der Waals surface area contributed by atoms with Gasteiger partial charge in [-0.3, -0.25) is 9.59 Å². The van der Waals surface area contributed by atoms with Crippen LogP contribution < -0.4 is 15.5 Å². The first-order valence-corrected chi connectivity index (χ1v) is 8.77. The van der Waals surface area contributed by atoms with Gasteiger partial charge in [-0.1, -0.05) is 41.9 Å². The summed E-state index contributed by atoms with van der Waals surface area (Å²) in [5.41, 5.74) is 2.24. The summed E-state index contributed by atoms with van der Waals surface area (Å²) in [7, 11) is 0. The fourth-order valence-electron chi connectivity index (χ4n) is 2.74. The minimum Gasteiger partial charge on any atom is -0.378 e. The molecule has 1 aliphatic rings. The van der Waals surface area contributed by atoms with Crippen LogP contribution in [-0.4, -0.2) is 38.1 Å². The van der Waals surface area contributed by atoms with Crippen molar-refractivity contribution < 1.29 is 14.3 Å². The van der Waals surface area contributed by atoms with E-state index in [0.29, 0.717) is 23.9 Å². The van der Waals surface area contributed by atoms with Crippen molar-refractivity contribution in [2.75, 3.05) is 36.5 Å². The maximum atomic E-state index is 12.3. The van der Waals surface area contributed by atoms with E-state index in [1.54, 1.807) is 18.2 Å². The van der Waals surface area contributed by atoms with Gasteiger partial charge in [0.05, 0.1) is 24.6 Å². The normalized spacial score (nSPS) is 14.0. The number of rotatable bonds is 4. The van der Waals surface area contributed by atoms with Crippen LogP contribution in [0.4, 0.5) is 11.4 Å². The van der Waals surface area contributed by atoms with Crippen LogP contribution >= 0.6 is 11.6 Å². The van der Waals surface area contributed by atoms with Gasteiger partial charge in [-0.25, -0.2) is 0 Å². The van der Waals surface area contributed by atoms with Gasteiger partial charge in [0.2, 0.25) is 0 Å². The number of hydrogen-bond acceptors (Lipinski definition) is 4. The molecule has 0 atom stereocenters. The molecule has 136 valence electrons. The van der Waals surface area contributed by atoms with Crippen molar-refractivity contribution >= 4 is 34.8 Å². The molecule has 2 amide bonds. The van der Waals surface area contributed by atoms with E-state index in [1.165, 1.54) is 0 Å². The van der Waals surface area contributed by atoms with Crippen LogP contribution in [-0.2, 0) is 20.9 Å². The molecule has 0 spiro atoms. The molecular weight excluding hydrogens is 354 g/mol. The van der Waals surface area contributed by atoms with E-state index < -0.39 is 11.8 Å². The van der Waals surface area contributed by atoms with Crippen LogP contribution in [0.2, 0.25) is 5.02 Å². The molecule has 26 heavy (non-hydrogen) atoms. The second-order valence-electron chi connectivity index (χ2n) is 5.84. The lowest BCUT2D eigenvalue weighted by molar-refractivity contribution is -0.136. The van der Waals surface area contributed by atoms with Crippen LogP contribution in [0.5, 0.6) is 0 Å². The number of halogens is 1. The number of nitrogens with zero attached hydrogens (tertiary/aromatic N) is 1. The van der Waals surface area contributed by atoms with E-state index in [1.807, 2.05) is 30.3 Å². The summed E-state index contributed by atoms with van der Waals surface area (Å²) in [5, 5.41) is 5.83. The fourth-order valence-corrected chi connectivity index (χ4v) is 2.94. The molecule has 6 nitrogen and oxygen atoms in total. The molecule has 0 aliphatic carbocycles. The Balaban J connectivity index is 1.62. The predicted octanol–water partition coefficient (Wildman–Crippen LogP) is 2.43. The first kappa shape index (κ1) is 18.2. The second-order valence-corrected chi connectivity index (χ2v) is 6.25. The van der Waals surface area contributed by atoms with Crippen molar-refractivity contribution in [1.82, 2.24) is 5.32 Å². The second kappa shape index (κ2) is 8.69. The van der Waals surface area contributed by atoms with E-state index >= 15 is 0 Å². The number of ether oxygens (including phenoxy) is 1. The van der Waals surface area contributed by atoms with E-state index in [0.717, 1.165) is 24.3 Å². The van der Waals surface area contributed by atoms with Gasteiger partial charge in [-0.15, -0.1) is 0 Å². The molecule has 2 N–H and O–H groups in total. The van der Waals surface area contributed by atoms with Crippen LogP contribution in [0.3, 0.4) is 0 Å². The summed E-state index contributed by atoms with van der Waals surface area (Å²) >= 11 is 6.06. The third-order valence-corrected chi connectivity index (χ3v) is 4.48. The van der Waals surface area contributed by atoms with Gasteiger partial charge < -0.3 is 20.3 Å². The van der Waals surface area contributed by atoms with Crippen LogP contribution in [0, 0.1) is 0 Å². The molecule has 3 rings (SSSR count). The molecule has 0 saturated carbocycles. The molecule has 1 saturated heterocycles. The zero-order valence-electron chi connectivity index (χ0n) is 14.2. The lowest BCUT2D eigenvalue weighted by Crippen LogP contribution is -2.38. The summed E-state index contributed by atoms with van der Waals surface area (Å²) < 4.78 is 5.36. The molecule has 1 heterocycles. The Hall–Kier alpha value is -2.57. The van der Waals surface area contributed by atoms with E-state index in [2.05, 4.69) is 15.5 Å². The lowest BCUT2D eigenvalue weighted by Gasteiger charge is -2.30. The van der Waals surface area contributed by atoms with E-state index in [-0.39, 0.29) is 6.54 Å². The third kappa shape index (κ3) is 4.53. The van der Waals surface area contributed by atoms with Gasteiger partial charge in [-0.05, 0) is 23.8 Å². The van der Waals surface area contributed by atoms with Gasteiger partial charge >= 0.3 is 11.8 Å². The highest BCUT2D eigenvalue weighted by Gasteiger charge is 2.19. The Morgan fingerprint density at radius 2 is 1.69 bits per heavy atom. The zero-order chi connectivity index (χ0) is 18.4. The van der Waals surface area contributed by atoms with Crippen molar-refractivity contribution in [1.29, 1.82) is 0 Å². The Kier molecular flexibility index (Phi) is 6.09. The molecule has 0 aromatic heterocycles. The zero-order valence-corrected chi connectivity index (χ0v) is 15.0. The number of carbonyl (C=O) groups excluding carboxylic acids is 2. The number of amides is 2. The lowest BCUT2D eigenvalue weighted by atomic mass is 10.2. The monoisotopic (exact) mass is 373 g/mol. The summed E-state index contributed by atoms with van der Waals surface area (Å²) in [6, 6.07) is 14.6. The highest BCUT2D eigenvalue weighted by Crippen LogP contribution is 2.26. The topological polar surface area (TPSA) is 70.7 Å². The molecule has 0 bridgehead atoms. The van der Waals surface area contributed by atoms with Crippen LogP contribution in [0.1, 0.15) is 5.56 Å². The Bertz CT molecular complexity index is 791. The van der Waals surface area contributed by atoms with Crippen molar-refractivity contribution in [3.8, 4) is 0 Å². The third-order valence-electron chi connectivity index (χ3n) is 4.11. The molecular formula is C19H20ClN3O3. The predicted molar refractivity (Wildman–Crippen MR) is 101 cm³/mol. The maximum Gasteiger partial charge on any atom is 0.313 e. The number of morpholine rings is 1. The van der Waals surface area contributed by atoms with E-state index in [4.69, 9.17) is 16.3 Å². The average molecular weight is 374 g/mol. The van der Waals surface area contributed by atoms with Crippen molar-refractivity contribution in [2.45, 2.75) is 6.54 Å². The molecule has 2 aromatic carbocycles. The van der Waals surface area contributed by atoms with Gasteiger partial charge in [0.15, 0.2) is 0 Å². The minimum absolute atomic E-state index is 0.192. The standard InChI is InChI=1S/C19H20ClN3O3/c20-15-6-2-1-5-14(15)13-21-18(24)19(25)22-16-7-3-4-8-17(16)23-9-11-26-12-10-23/h1-8H,9-13H2,(H,21,24)(H,22,25). The van der Waals surface area contributed by atoms with Gasteiger partial charge in [0.1, 0.15) is 0 Å². The summed E-state index contributed by atoms with van der Waals surface area (Å²) in [6.45, 7) is 2.95. The Labute approximate surface area is 157 Å². The Morgan fingerprint density at radius 1 is 1.00 bits per heavy atom. The smallest absolute Gasteiger partial charge is 0.313 e. The fraction of sp³-hybridized carbons (Fsp3) is 0.263. The Morgan fingerprint density at radius 3 is 2.46 bits per heavy atom. The molecule has 0 radical (unpaired) electrons. The van der Waals surface area contributed by atoms with Gasteiger partial charge in [0.25, 0.3) is 0 Å². The SMILES string of the molecule is O=C(NCc1ccccc1Cl)C(=O)Nc1ccccc1N1CCOCC1. The minimum atomic E-state index is -0.710. The quantitative estimate of drug-likeness (QED) is 0.807. The van der Waals surface area contributed by atoms with Crippen molar-refractivity contribution in [3.05, 3.63) is 59.1 Å². The highest BCUT2D eigenvalue weighted by molar-refractivity contribution is 6.40. The van der Waals surface area contributed by atoms with Crippen molar-refractivity contribution in [3.63, 3.8) is 0 Å². The largest absolute Gasteiger partial charge is 0.378 e. The number of anilines is 2. The first-order chi connectivity index (χ1) is 12.6. The van der Waals surface area contributed by atoms with Crippen molar-refractivity contribution in [2.24, 2.45) is 0 Å². The molecule has 7 heteroatoms. The number of para-hydroxylation sites is 2.